The molecule has 7 nitrogen and oxygen atoms in total. The summed E-state index contributed by atoms with van der Waals surface area (Å²) in [5.41, 5.74) is 8.77. The number of carboxylic acids is 1. The number of nitrogens with zero attached hydrogens (tertiary/aromatic N) is 3. The fourth-order valence-corrected chi connectivity index (χ4v) is 3.48. The van der Waals surface area contributed by atoms with Gasteiger partial charge in [-0.2, -0.15) is 0 Å². The fraction of sp³-hybridized carbons (Fsp3) is 0.333. The zero-order valence-electron chi connectivity index (χ0n) is 11.1. The molecule has 0 aliphatic rings. The van der Waals surface area contributed by atoms with Crippen molar-refractivity contribution in [2.75, 3.05) is 12.4 Å². The highest BCUT2D eigenvalue weighted by atomic mass is 33.1. The molecule has 0 spiro atoms. The van der Waals surface area contributed by atoms with Crippen molar-refractivity contribution >= 4 is 39.2 Å². The van der Waals surface area contributed by atoms with Gasteiger partial charge in [-0.25, -0.2) is 0 Å². The second-order valence-electron chi connectivity index (χ2n) is 3.67. The molecule has 1 aromatic rings. The number of carbonyl (C=O) groups is 2. The number of carbonyl (C=O) groups excluding carboxylic acids is 2. The molecular weight excluding hydrogens is 314 g/mol. The minimum Gasteiger partial charge on any atom is -0.549 e. The van der Waals surface area contributed by atoms with Crippen LogP contribution in [-0.4, -0.2) is 24.3 Å². The lowest BCUT2D eigenvalue weighted by molar-refractivity contribution is -0.309. The van der Waals surface area contributed by atoms with Gasteiger partial charge in [-0.3, -0.25) is 4.79 Å². The zero-order valence-corrected chi connectivity index (χ0v) is 12.7. The maximum Gasteiger partial charge on any atom is 0.315 e. The quantitative estimate of drug-likeness (QED) is 0.181. The summed E-state index contributed by atoms with van der Waals surface area (Å²) in [4.78, 5) is 25.8. The molecule has 112 valence electrons. The van der Waals surface area contributed by atoms with Crippen molar-refractivity contribution < 1.29 is 19.4 Å². The van der Waals surface area contributed by atoms with Gasteiger partial charge in [0.1, 0.15) is 5.92 Å². The van der Waals surface area contributed by atoms with E-state index in [-0.39, 0.29) is 12.4 Å². The van der Waals surface area contributed by atoms with Gasteiger partial charge < -0.3 is 14.6 Å². The molecule has 1 rings (SSSR count). The highest BCUT2D eigenvalue weighted by molar-refractivity contribution is 8.76. The Morgan fingerprint density at radius 2 is 2.10 bits per heavy atom. The standard InChI is InChI=1S/C12H13N3O4S2/c1-2-19-12(18)10(11(16)17)7-20-21-9-5-3-8(4-6-9)14-15-13/h3-6,10H,2,7H2,1H3,(H,16,17)/p-1. The predicted octanol–water partition coefficient (Wildman–Crippen LogP) is 2.30. The summed E-state index contributed by atoms with van der Waals surface area (Å²) in [5, 5.41) is 14.3. The molecule has 0 saturated heterocycles. The molecule has 9 heteroatoms. The largest absolute Gasteiger partial charge is 0.549 e. The van der Waals surface area contributed by atoms with Crippen LogP contribution in [-0.2, 0) is 14.3 Å². The number of hydrogen-bond donors (Lipinski definition) is 0. The SMILES string of the molecule is CCOC(=O)C(CSSc1ccc(N=[N+]=[N-])cc1)C(=O)[O-]. The van der Waals surface area contributed by atoms with E-state index in [9.17, 15) is 14.7 Å². The molecule has 0 fully saturated rings. The maximum atomic E-state index is 11.4. The van der Waals surface area contributed by atoms with Gasteiger partial charge in [0.15, 0.2) is 0 Å². The van der Waals surface area contributed by atoms with E-state index >= 15 is 0 Å². The fourth-order valence-electron chi connectivity index (χ4n) is 1.27. The smallest absolute Gasteiger partial charge is 0.315 e. The molecule has 0 saturated carbocycles. The molecule has 0 heterocycles. The third-order valence-corrected chi connectivity index (χ3v) is 4.63. The summed E-state index contributed by atoms with van der Waals surface area (Å²) in [7, 11) is 2.52. The summed E-state index contributed by atoms with van der Waals surface area (Å²) in [6, 6.07) is 6.76. The normalized spacial score (nSPS) is 11.3. The number of esters is 1. The van der Waals surface area contributed by atoms with Crippen molar-refractivity contribution in [2.24, 2.45) is 11.0 Å². The summed E-state index contributed by atoms with van der Waals surface area (Å²) in [6.45, 7) is 1.73. The first-order chi connectivity index (χ1) is 10.1. The first-order valence-corrected chi connectivity index (χ1v) is 8.22. The molecule has 0 amide bonds. The number of azide groups is 1. The maximum absolute atomic E-state index is 11.4. The van der Waals surface area contributed by atoms with Crippen LogP contribution in [0.3, 0.4) is 0 Å². The number of ether oxygens (including phenoxy) is 1. The van der Waals surface area contributed by atoms with Gasteiger partial charge in [0.2, 0.25) is 0 Å². The van der Waals surface area contributed by atoms with E-state index in [1.807, 2.05) is 0 Å². The Balaban J connectivity index is 2.52. The van der Waals surface area contributed by atoms with Crippen LogP contribution in [0.25, 0.3) is 10.4 Å². The van der Waals surface area contributed by atoms with E-state index in [0.29, 0.717) is 5.69 Å². The van der Waals surface area contributed by atoms with Crippen molar-refractivity contribution in [2.45, 2.75) is 11.8 Å². The van der Waals surface area contributed by atoms with Gasteiger partial charge in [0.25, 0.3) is 0 Å². The topological polar surface area (TPSA) is 115 Å². The van der Waals surface area contributed by atoms with Crippen LogP contribution in [0.2, 0.25) is 0 Å². The van der Waals surface area contributed by atoms with Crippen molar-refractivity contribution in [1.29, 1.82) is 0 Å². The third kappa shape index (κ3) is 5.99. The Morgan fingerprint density at radius 1 is 1.43 bits per heavy atom. The van der Waals surface area contributed by atoms with Crippen LogP contribution in [0.4, 0.5) is 5.69 Å². The molecule has 0 radical (unpaired) electrons. The lowest BCUT2D eigenvalue weighted by atomic mass is 10.2. The highest BCUT2D eigenvalue weighted by Gasteiger charge is 2.21. The van der Waals surface area contributed by atoms with Crippen LogP contribution >= 0.6 is 21.6 Å². The first-order valence-electron chi connectivity index (χ1n) is 5.90. The average molecular weight is 326 g/mol. The minimum atomic E-state index is -1.44. The van der Waals surface area contributed by atoms with E-state index in [4.69, 9.17) is 5.53 Å². The van der Waals surface area contributed by atoms with Crippen LogP contribution in [0.1, 0.15) is 6.92 Å². The van der Waals surface area contributed by atoms with Crippen LogP contribution in [0.15, 0.2) is 34.3 Å². The molecular formula is C12H12N3O4S2-. The molecule has 0 N–H and O–H groups in total. The Kier molecular flexibility index (Phi) is 7.52. The molecule has 1 unspecified atom stereocenters. The van der Waals surface area contributed by atoms with Crippen LogP contribution < -0.4 is 5.11 Å². The lowest BCUT2D eigenvalue weighted by Gasteiger charge is -2.15. The minimum absolute atomic E-state index is 0.0456. The summed E-state index contributed by atoms with van der Waals surface area (Å²) in [5.74, 6) is -3.47. The molecule has 0 aliphatic carbocycles. The van der Waals surface area contributed by atoms with Crippen molar-refractivity contribution in [3.8, 4) is 0 Å². The number of aliphatic carboxylic acids is 1. The van der Waals surface area contributed by atoms with Gasteiger partial charge in [-0.15, -0.1) is 0 Å². The Morgan fingerprint density at radius 3 is 2.62 bits per heavy atom. The number of carboxylic acid groups (broad SMARTS) is 1. The van der Waals surface area contributed by atoms with Gasteiger partial charge in [0, 0.05) is 21.2 Å². The Labute approximate surface area is 129 Å². The zero-order chi connectivity index (χ0) is 15.7. The van der Waals surface area contributed by atoms with E-state index in [1.165, 1.54) is 21.6 Å². The molecule has 0 bridgehead atoms. The number of rotatable bonds is 8. The van der Waals surface area contributed by atoms with Crippen molar-refractivity contribution in [1.82, 2.24) is 0 Å². The second kappa shape index (κ2) is 9.17. The monoisotopic (exact) mass is 326 g/mol. The Hall–Kier alpha value is -1.83. The van der Waals surface area contributed by atoms with Crippen molar-refractivity contribution in [3.63, 3.8) is 0 Å². The van der Waals surface area contributed by atoms with E-state index in [2.05, 4.69) is 14.8 Å². The van der Waals surface area contributed by atoms with Crippen LogP contribution in [0.5, 0.6) is 0 Å². The summed E-state index contributed by atoms with van der Waals surface area (Å²) >= 11 is 0. The van der Waals surface area contributed by atoms with Gasteiger partial charge in [-0.05, 0) is 24.6 Å². The van der Waals surface area contributed by atoms with Gasteiger partial charge in [0.05, 0.1) is 12.6 Å². The second-order valence-corrected chi connectivity index (χ2v) is 6.09. The number of hydrogen-bond acceptors (Lipinski definition) is 7. The molecule has 1 aromatic carbocycles. The van der Waals surface area contributed by atoms with Gasteiger partial charge in [-0.1, -0.05) is 38.8 Å². The van der Waals surface area contributed by atoms with E-state index in [1.54, 1.807) is 31.2 Å². The van der Waals surface area contributed by atoms with Crippen LogP contribution in [0, 0.1) is 5.92 Å². The van der Waals surface area contributed by atoms with E-state index < -0.39 is 17.9 Å². The molecule has 0 aliphatic heterocycles. The highest BCUT2D eigenvalue weighted by Crippen LogP contribution is 2.33. The van der Waals surface area contributed by atoms with Crippen molar-refractivity contribution in [3.05, 3.63) is 34.7 Å². The molecule has 21 heavy (non-hydrogen) atoms. The molecule has 0 aromatic heterocycles. The Bertz CT molecular complexity index is 544. The van der Waals surface area contributed by atoms with E-state index in [0.717, 1.165) is 4.90 Å². The lowest BCUT2D eigenvalue weighted by Crippen LogP contribution is -2.38. The molecule has 1 atom stereocenters. The van der Waals surface area contributed by atoms with Gasteiger partial charge >= 0.3 is 5.97 Å². The summed E-state index contributed by atoms with van der Waals surface area (Å²) < 4.78 is 4.68. The third-order valence-electron chi connectivity index (χ3n) is 2.24. The summed E-state index contributed by atoms with van der Waals surface area (Å²) in [6.07, 6.45) is 0. The number of benzene rings is 1. The first kappa shape index (κ1) is 17.2. The predicted molar refractivity (Wildman–Crippen MR) is 78.7 cm³/mol. The average Bonchev–Trinajstić information content (AvgIpc) is 2.45.